The lowest BCUT2D eigenvalue weighted by Crippen LogP contribution is -2.42. The first-order valence-electron chi connectivity index (χ1n) is 4.68. The Morgan fingerprint density at radius 1 is 1.47 bits per heavy atom. The van der Waals surface area contributed by atoms with E-state index in [0.29, 0.717) is 19.4 Å². The van der Waals surface area contributed by atoms with Gasteiger partial charge in [0.05, 0.1) is 0 Å². The normalized spacial score (nSPS) is 20.1. The number of carbonyl (C=O) groups is 3. The van der Waals surface area contributed by atoms with E-state index in [2.05, 4.69) is 4.74 Å². The highest BCUT2D eigenvalue weighted by Crippen LogP contribution is 2.17. The molecular formula is C9H13NO5. The van der Waals surface area contributed by atoms with Gasteiger partial charge in [-0.05, 0) is 12.8 Å². The highest BCUT2D eigenvalue weighted by molar-refractivity contribution is 5.86. The molecule has 1 aliphatic heterocycles. The lowest BCUT2D eigenvalue weighted by molar-refractivity contribution is -0.154. The van der Waals surface area contributed by atoms with Gasteiger partial charge in [0.25, 0.3) is 5.91 Å². The molecule has 6 heteroatoms. The highest BCUT2D eigenvalue weighted by Gasteiger charge is 2.33. The third-order valence-corrected chi connectivity index (χ3v) is 2.26. The summed E-state index contributed by atoms with van der Waals surface area (Å²) in [4.78, 5) is 33.9. The maximum absolute atomic E-state index is 11.4. The first kappa shape index (κ1) is 11.5. The third kappa shape index (κ3) is 2.93. The van der Waals surface area contributed by atoms with E-state index in [9.17, 15) is 14.4 Å². The number of hydrogen-bond donors (Lipinski definition) is 1. The summed E-state index contributed by atoms with van der Waals surface area (Å²) in [6.45, 7) is 1.24. The van der Waals surface area contributed by atoms with Crippen molar-refractivity contribution < 1.29 is 24.2 Å². The van der Waals surface area contributed by atoms with Crippen molar-refractivity contribution in [1.29, 1.82) is 0 Å². The van der Waals surface area contributed by atoms with Gasteiger partial charge in [0.2, 0.25) is 0 Å². The van der Waals surface area contributed by atoms with Crippen LogP contribution in [-0.2, 0) is 19.1 Å². The highest BCUT2D eigenvalue weighted by atomic mass is 16.5. The number of hydrogen-bond acceptors (Lipinski definition) is 4. The lowest BCUT2D eigenvalue weighted by Gasteiger charge is -2.20. The van der Waals surface area contributed by atoms with E-state index in [4.69, 9.17) is 5.11 Å². The lowest BCUT2D eigenvalue weighted by atomic mass is 10.2. The molecule has 1 N–H and O–H groups in total. The van der Waals surface area contributed by atoms with E-state index in [0.717, 1.165) is 0 Å². The van der Waals surface area contributed by atoms with Gasteiger partial charge in [0.1, 0.15) is 6.04 Å². The van der Waals surface area contributed by atoms with E-state index < -0.39 is 23.9 Å². The molecule has 0 saturated carbocycles. The second-order valence-corrected chi connectivity index (χ2v) is 3.36. The summed E-state index contributed by atoms with van der Waals surface area (Å²) in [5.41, 5.74) is 0. The Morgan fingerprint density at radius 3 is 2.67 bits per heavy atom. The molecule has 0 aromatic carbocycles. The molecule has 1 atom stereocenters. The topological polar surface area (TPSA) is 83.9 Å². The van der Waals surface area contributed by atoms with Crippen molar-refractivity contribution in [2.45, 2.75) is 25.8 Å². The number of likely N-dealkylation sites (tertiary alicyclic amines) is 1. The van der Waals surface area contributed by atoms with Crippen LogP contribution in [0.4, 0.5) is 0 Å². The van der Waals surface area contributed by atoms with Crippen molar-refractivity contribution >= 4 is 17.8 Å². The van der Waals surface area contributed by atoms with Crippen LogP contribution in [0.1, 0.15) is 19.8 Å². The van der Waals surface area contributed by atoms with Crippen molar-refractivity contribution in [2.24, 2.45) is 0 Å². The minimum absolute atomic E-state index is 0.376. The molecule has 0 unspecified atom stereocenters. The summed E-state index contributed by atoms with van der Waals surface area (Å²) in [5, 5.41) is 8.81. The molecule has 0 aliphatic carbocycles. The molecule has 1 aliphatic rings. The number of esters is 1. The average molecular weight is 215 g/mol. The number of nitrogens with zero attached hydrogens (tertiary/aromatic N) is 1. The molecule has 1 saturated heterocycles. The van der Waals surface area contributed by atoms with Gasteiger partial charge >= 0.3 is 11.9 Å². The number of amides is 1. The summed E-state index contributed by atoms with van der Waals surface area (Å²) in [6.07, 6.45) is 1.13. The molecule has 0 aromatic heterocycles. The SMILES string of the molecule is CC(=O)OCC(=O)N1CCC[C@@H]1C(=O)O. The van der Waals surface area contributed by atoms with E-state index >= 15 is 0 Å². The van der Waals surface area contributed by atoms with Crippen LogP contribution < -0.4 is 0 Å². The number of aliphatic carboxylic acids is 1. The molecule has 0 aromatic rings. The fourth-order valence-electron chi connectivity index (χ4n) is 1.57. The minimum Gasteiger partial charge on any atom is -0.480 e. The Labute approximate surface area is 86.8 Å². The van der Waals surface area contributed by atoms with Crippen LogP contribution in [0.5, 0.6) is 0 Å². The van der Waals surface area contributed by atoms with Crippen LogP contribution in [0, 0.1) is 0 Å². The monoisotopic (exact) mass is 215 g/mol. The van der Waals surface area contributed by atoms with Crippen LogP contribution >= 0.6 is 0 Å². The van der Waals surface area contributed by atoms with Gasteiger partial charge in [-0.25, -0.2) is 4.79 Å². The molecule has 0 radical (unpaired) electrons. The van der Waals surface area contributed by atoms with Crippen molar-refractivity contribution in [3.8, 4) is 0 Å². The molecular weight excluding hydrogens is 202 g/mol. The zero-order valence-corrected chi connectivity index (χ0v) is 8.43. The van der Waals surface area contributed by atoms with E-state index in [1.807, 2.05) is 0 Å². The van der Waals surface area contributed by atoms with Gasteiger partial charge in [-0.3, -0.25) is 9.59 Å². The second kappa shape index (κ2) is 4.77. The zero-order valence-electron chi connectivity index (χ0n) is 8.43. The average Bonchev–Trinajstić information content (AvgIpc) is 2.62. The Balaban J connectivity index is 2.51. The quantitative estimate of drug-likeness (QED) is 0.649. The number of rotatable bonds is 3. The van der Waals surface area contributed by atoms with Crippen LogP contribution in [0.25, 0.3) is 0 Å². The van der Waals surface area contributed by atoms with Gasteiger partial charge in [-0.15, -0.1) is 0 Å². The fraction of sp³-hybridized carbons (Fsp3) is 0.667. The van der Waals surface area contributed by atoms with E-state index in [-0.39, 0.29) is 6.61 Å². The van der Waals surface area contributed by atoms with Crippen LogP contribution in [0.15, 0.2) is 0 Å². The summed E-state index contributed by atoms with van der Waals surface area (Å²) >= 11 is 0. The van der Waals surface area contributed by atoms with Crippen molar-refractivity contribution in [2.75, 3.05) is 13.2 Å². The van der Waals surface area contributed by atoms with Crippen molar-refractivity contribution in [3.05, 3.63) is 0 Å². The van der Waals surface area contributed by atoms with Gasteiger partial charge in [-0.1, -0.05) is 0 Å². The molecule has 1 rings (SSSR count). The third-order valence-electron chi connectivity index (χ3n) is 2.26. The zero-order chi connectivity index (χ0) is 11.4. The molecule has 1 fully saturated rings. The molecule has 0 bridgehead atoms. The van der Waals surface area contributed by atoms with Crippen LogP contribution in [-0.4, -0.2) is 47.0 Å². The number of carboxylic acid groups (broad SMARTS) is 1. The first-order chi connectivity index (χ1) is 7.02. The Morgan fingerprint density at radius 2 is 2.13 bits per heavy atom. The Hall–Kier alpha value is -1.59. The number of carbonyl (C=O) groups excluding carboxylic acids is 2. The number of ether oxygens (including phenoxy) is 1. The standard InChI is InChI=1S/C9H13NO5/c1-6(11)15-5-8(12)10-4-2-3-7(10)9(13)14/h7H,2-5H2,1H3,(H,13,14)/t7-/m1/s1. The molecule has 0 spiro atoms. The summed E-state index contributed by atoms with van der Waals surface area (Å²) < 4.78 is 4.52. The fourth-order valence-corrected chi connectivity index (χ4v) is 1.57. The summed E-state index contributed by atoms with van der Waals surface area (Å²) in [6, 6.07) is -0.770. The molecule has 1 heterocycles. The first-order valence-corrected chi connectivity index (χ1v) is 4.68. The smallest absolute Gasteiger partial charge is 0.326 e. The molecule has 1 amide bonds. The largest absolute Gasteiger partial charge is 0.480 e. The molecule has 84 valence electrons. The van der Waals surface area contributed by atoms with Crippen LogP contribution in [0.2, 0.25) is 0 Å². The van der Waals surface area contributed by atoms with Crippen molar-refractivity contribution in [1.82, 2.24) is 4.90 Å². The Bertz CT molecular complexity index is 288. The molecule has 6 nitrogen and oxygen atoms in total. The predicted octanol–water partition coefficient (Wildman–Crippen LogP) is -0.375. The van der Waals surface area contributed by atoms with Crippen molar-refractivity contribution in [3.63, 3.8) is 0 Å². The summed E-state index contributed by atoms with van der Waals surface area (Å²) in [5.74, 6) is -2.01. The predicted molar refractivity (Wildman–Crippen MR) is 49.0 cm³/mol. The Kier molecular flexibility index (Phi) is 3.65. The maximum atomic E-state index is 11.4. The molecule has 15 heavy (non-hydrogen) atoms. The van der Waals surface area contributed by atoms with Gasteiger partial charge in [0.15, 0.2) is 6.61 Å². The number of carboxylic acids is 1. The maximum Gasteiger partial charge on any atom is 0.326 e. The second-order valence-electron chi connectivity index (χ2n) is 3.36. The van der Waals surface area contributed by atoms with Gasteiger partial charge in [-0.2, -0.15) is 0 Å². The van der Waals surface area contributed by atoms with E-state index in [1.54, 1.807) is 0 Å². The minimum atomic E-state index is -1.01. The van der Waals surface area contributed by atoms with Gasteiger partial charge < -0.3 is 14.7 Å². The van der Waals surface area contributed by atoms with Gasteiger partial charge in [0, 0.05) is 13.5 Å². The summed E-state index contributed by atoms with van der Waals surface area (Å²) in [7, 11) is 0. The van der Waals surface area contributed by atoms with Crippen LogP contribution in [0.3, 0.4) is 0 Å². The van der Waals surface area contributed by atoms with E-state index in [1.165, 1.54) is 11.8 Å².